The van der Waals surface area contributed by atoms with Crippen molar-refractivity contribution in [3.8, 4) is 0 Å². The minimum atomic E-state index is -0.320. The molecule has 0 saturated heterocycles. The van der Waals surface area contributed by atoms with Gasteiger partial charge in [0.2, 0.25) is 5.91 Å². The molecule has 1 atom stereocenters. The van der Waals surface area contributed by atoms with E-state index in [0.29, 0.717) is 18.9 Å². The molecule has 4 heteroatoms. The number of hydrogen-bond acceptors (Lipinski definition) is 2. The Labute approximate surface area is 101 Å². The van der Waals surface area contributed by atoms with Gasteiger partial charge in [-0.05, 0) is 23.6 Å². The molecule has 0 spiro atoms. The monoisotopic (exact) mass is 238 g/mol. The second-order valence-corrected chi connectivity index (χ2v) is 4.44. The van der Waals surface area contributed by atoms with Gasteiger partial charge in [-0.2, -0.15) is 0 Å². The molecule has 0 aliphatic rings. The summed E-state index contributed by atoms with van der Waals surface area (Å²) in [4.78, 5) is 10.7. The number of nitrogens with one attached hydrogen (secondary N) is 1. The summed E-state index contributed by atoms with van der Waals surface area (Å²) in [6.07, 6.45) is 0.310. The zero-order valence-electron chi connectivity index (χ0n) is 10.2. The summed E-state index contributed by atoms with van der Waals surface area (Å²) in [5.41, 5.74) is 6.10. The maximum absolute atomic E-state index is 12.8. The van der Waals surface area contributed by atoms with Gasteiger partial charge in [0.15, 0.2) is 0 Å². The summed E-state index contributed by atoms with van der Waals surface area (Å²) in [6, 6.07) is 6.52. The average molecular weight is 238 g/mol. The molecule has 0 radical (unpaired) electrons. The number of benzene rings is 1. The van der Waals surface area contributed by atoms with Crippen LogP contribution in [0.25, 0.3) is 0 Å². The summed E-state index contributed by atoms with van der Waals surface area (Å²) < 4.78 is 12.8. The van der Waals surface area contributed by atoms with Crippen LogP contribution < -0.4 is 11.1 Å². The first kappa shape index (κ1) is 13.6. The predicted molar refractivity (Wildman–Crippen MR) is 65.8 cm³/mol. The van der Waals surface area contributed by atoms with E-state index in [4.69, 9.17) is 5.73 Å². The molecule has 1 rings (SSSR count). The van der Waals surface area contributed by atoms with E-state index in [1.165, 1.54) is 12.1 Å². The molecule has 1 amide bonds. The fraction of sp³-hybridized carbons (Fsp3) is 0.462. The Morgan fingerprint density at radius 2 is 1.94 bits per heavy atom. The smallest absolute Gasteiger partial charge is 0.218 e. The summed E-state index contributed by atoms with van der Waals surface area (Å²) in [5.74, 6) is -0.208. The Bertz CT molecular complexity index is 362. The molecule has 0 aromatic heterocycles. The Morgan fingerprint density at radius 3 is 2.41 bits per heavy atom. The Balaban J connectivity index is 2.65. The molecule has 1 unspecified atom stereocenters. The van der Waals surface area contributed by atoms with Crippen molar-refractivity contribution in [2.45, 2.75) is 26.3 Å². The van der Waals surface area contributed by atoms with Crippen molar-refractivity contribution < 1.29 is 9.18 Å². The van der Waals surface area contributed by atoms with Gasteiger partial charge in [0, 0.05) is 19.0 Å². The lowest BCUT2D eigenvalue weighted by Gasteiger charge is -2.22. The Kier molecular flexibility index (Phi) is 5.10. The van der Waals surface area contributed by atoms with Crippen LogP contribution in [0.15, 0.2) is 24.3 Å². The number of carbonyl (C=O) groups is 1. The van der Waals surface area contributed by atoms with Crippen molar-refractivity contribution in [2.75, 3.05) is 6.54 Å². The molecular weight excluding hydrogens is 219 g/mol. The molecule has 0 heterocycles. The lowest BCUT2D eigenvalue weighted by Crippen LogP contribution is -2.29. The van der Waals surface area contributed by atoms with Crippen LogP contribution in [0.1, 0.15) is 31.9 Å². The molecule has 1 aromatic carbocycles. The predicted octanol–water partition coefficient (Wildman–Crippen LogP) is 1.99. The maximum atomic E-state index is 12.8. The molecule has 3 N–H and O–H groups in total. The first-order chi connectivity index (χ1) is 8.00. The zero-order valence-corrected chi connectivity index (χ0v) is 10.2. The summed E-state index contributed by atoms with van der Waals surface area (Å²) in [5, 5.41) is 3.26. The molecule has 0 aliphatic carbocycles. The topological polar surface area (TPSA) is 55.1 Å². The molecule has 0 saturated carbocycles. The standard InChI is InChI=1S/C13H19FN2O/c1-9(2)13(16-8-7-12(15)17)10-3-5-11(14)6-4-10/h3-6,9,13,16H,7-8H2,1-2H3,(H2,15,17). The lowest BCUT2D eigenvalue weighted by atomic mass is 9.96. The van der Waals surface area contributed by atoms with Crippen LogP contribution in [0, 0.1) is 11.7 Å². The van der Waals surface area contributed by atoms with E-state index in [1.54, 1.807) is 12.1 Å². The van der Waals surface area contributed by atoms with Crippen LogP contribution in [0.5, 0.6) is 0 Å². The minimum Gasteiger partial charge on any atom is -0.370 e. The molecule has 0 fully saturated rings. The van der Waals surface area contributed by atoms with E-state index in [1.807, 2.05) is 0 Å². The molecule has 0 aliphatic heterocycles. The third-order valence-corrected chi connectivity index (χ3v) is 2.63. The highest BCUT2D eigenvalue weighted by Crippen LogP contribution is 2.21. The molecule has 3 nitrogen and oxygen atoms in total. The number of carbonyl (C=O) groups excluding carboxylic acids is 1. The van der Waals surface area contributed by atoms with Gasteiger partial charge in [-0.1, -0.05) is 26.0 Å². The average Bonchev–Trinajstić information content (AvgIpc) is 2.25. The van der Waals surface area contributed by atoms with Crippen LogP contribution in [-0.2, 0) is 4.79 Å². The van der Waals surface area contributed by atoms with Crippen molar-refractivity contribution in [3.05, 3.63) is 35.6 Å². The highest BCUT2D eigenvalue weighted by molar-refractivity contribution is 5.73. The minimum absolute atomic E-state index is 0.106. The van der Waals surface area contributed by atoms with Crippen molar-refractivity contribution in [1.82, 2.24) is 5.32 Å². The second kappa shape index (κ2) is 6.35. The van der Waals surface area contributed by atoms with E-state index in [9.17, 15) is 9.18 Å². The lowest BCUT2D eigenvalue weighted by molar-refractivity contribution is -0.117. The first-order valence-electron chi connectivity index (χ1n) is 5.78. The maximum Gasteiger partial charge on any atom is 0.218 e. The Hall–Kier alpha value is -1.42. The third kappa shape index (κ3) is 4.53. The quantitative estimate of drug-likeness (QED) is 0.796. The largest absolute Gasteiger partial charge is 0.370 e. The van der Waals surface area contributed by atoms with Crippen LogP contribution >= 0.6 is 0 Å². The first-order valence-corrected chi connectivity index (χ1v) is 5.78. The fourth-order valence-corrected chi connectivity index (χ4v) is 1.76. The molecule has 0 bridgehead atoms. The van der Waals surface area contributed by atoms with Crippen LogP contribution in [-0.4, -0.2) is 12.5 Å². The highest BCUT2D eigenvalue weighted by Gasteiger charge is 2.15. The van der Waals surface area contributed by atoms with Gasteiger partial charge in [-0.15, -0.1) is 0 Å². The van der Waals surface area contributed by atoms with Crippen molar-refractivity contribution in [3.63, 3.8) is 0 Å². The fourth-order valence-electron chi connectivity index (χ4n) is 1.76. The van der Waals surface area contributed by atoms with Gasteiger partial charge >= 0.3 is 0 Å². The van der Waals surface area contributed by atoms with E-state index in [2.05, 4.69) is 19.2 Å². The summed E-state index contributed by atoms with van der Waals surface area (Å²) in [6.45, 7) is 4.69. The van der Waals surface area contributed by atoms with E-state index in [-0.39, 0.29) is 17.8 Å². The van der Waals surface area contributed by atoms with Gasteiger partial charge in [0.05, 0.1) is 0 Å². The van der Waals surface area contributed by atoms with Crippen LogP contribution in [0.2, 0.25) is 0 Å². The van der Waals surface area contributed by atoms with Gasteiger partial charge < -0.3 is 11.1 Å². The van der Waals surface area contributed by atoms with Gasteiger partial charge in [0.1, 0.15) is 5.82 Å². The third-order valence-electron chi connectivity index (χ3n) is 2.63. The normalized spacial score (nSPS) is 12.7. The molecule has 17 heavy (non-hydrogen) atoms. The van der Waals surface area contributed by atoms with E-state index in [0.717, 1.165) is 5.56 Å². The zero-order chi connectivity index (χ0) is 12.8. The molecule has 1 aromatic rings. The van der Waals surface area contributed by atoms with E-state index >= 15 is 0 Å². The van der Waals surface area contributed by atoms with E-state index < -0.39 is 0 Å². The Morgan fingerprint density at radius 1 is 1.35 bits per heavy atom. The number of nitrogens with two attached hydrogens (primary N) is 1. The molecular formula is C13H19FN2O. The van der Waals surface area contributed by atoms with Gasteiger partial charge in [-0.3, -0.25) is 4.79 Å². The number of amides is 1. The van der Waals surface area contributed by atoms with Crippen LogP contribution in [0.3, 0.4) is 0 Å². The van der Waals surface area contributed by atoms with Gasteiger partial charge in [-0.25, -0.2) is 4.39 Å². The van der Waals surface area contributed by atoms with Crippen molar-refractivity contribution in [2.24, 2.45) is 11.7 Å². The highest BCUT2D eigenvalue weighted by atomic mass is 19.1. The van der Waals surface area contributed by atoms with Crippen LogP contribution in [0.4, 0.5) is 4.39 Å². The number of primary amides is 1. The molecule has 94 valence electrons. The number of hydrogen-bond donors (Lipinski definition) is 2. The second-order valence-electron chi connectivity index (χ2n) is 4.44. The number of halogens is 1. The van der Waals surface area contributed by atoms with Crippen molar-refractivity contribution >= 4 is 5.91 Å². The summed E-state index contributed by atoms with van der Waals surface area (Å²) >= 11 is 0. The van der Waals surface area contributed by atoms with Gasteiger partial charge in [0.25, 0.3) is 0 Å². The SMILES string of the molecule is CC(C)C(NCCC(N)=O)c1ccc(F)cc1. The summed E-state index contributed by atoms with van der Waals surface area (Å²) in [7, 11) is 0. The van der Waals surface area contributed by atoms with Crippen molar-refractivity contribution in [1.29, 1.82) is 0 Å². The number of rotatable bonds is 6.